The van der Waals surface area contributed by atoms with Crippen LogP contribution in [0.25, 0.3) is 0 Å². The molecule has 96 valence electrons. The zero-order chi connectivity index (χ0) is 7.72. The second kappa shape index (κ2) is 20.2. The average molecular weight is 386 g/mol. The topological polar surface area (TPSA) is 0 Å². The molecule has 0 aliphatic rings. The maximum Gasteiger partial charge on any atom is 3.00 e. The van der Waals surface area contributed by atoms with Crippen molar-refractivity contribution in [3.05, 3.63) is 34.4 Å². The smallest absolute Gasteiger partial charge is 1.00 e. The molecule has 0 aromatic heterocycles. The van der Waals surface area contributed by atoms with Crippen LogP contribution in [0.2, 0.25) is 0 Å². The molecule has 1 aromatic rings. The van der Waals surface area contributed by atoms with Crippen LogP contribution in [0.3, 0.4) is 0 Å². The van der Waals surface area contributed by atoms with E-state index in [-0.39, 0.29) is 101 Å². The fourth-order valence-corrected chi connectivity index (χ4v) is 1.10. The van der Waals surface area contributed by atoms with Gasteiger partial charge in [0.1, 0.15) is 0 Å². The Morgan fingerprint density at radius 1 is 0.529 bits per heavy atom. The molecule has 0 radical (unpaired) electrons. The summed E-state index contributed by atoms with van der Waals surface area (Å²) in [7, 11) is 0. The summed E-state index contributed by atoms with van der Waals surface area (Å²) < 4.78 is 0. The predicted octanol–water partition coefficient (Wildman–Crippen LogP) is -12.4. The van der Waals surface area contributed by atoms with E-state index in [0.717, 1.165) is 0 Å². The van der Waals surface area contributed by atoms with Gasteiger partial charge in [0.2, 0.25) is 0 Å². The quantitative estimate of drug-likeness (QED) is 0.389. The van der Waals surface area contributed by atoms with E-state index in [2.05, 4.69) is 39.8 Å². The van der Waals surface area contributed by atoms with Gasteiger partial charge in [-0.1, -0.05) is 12.1 Å². The molecule has 7 heteroatoms. The summed E-state index contributed by atoms with van der Waals surface area (Å²) in [5.41, 5.74) is 5.57. The van der Waals surface area contributed by atoms with Gasteiger partial charge in [0, 0.05) is 0 Å². The van der Waals surface area contributed by atoms with Gasteiger partial charge in [0.15, 0.2) is 0 Å². The van der Waals surface area contributed by atoms with E-state index in [1.807, 2.05) is 0 Å². The molecule has 1 aromatic carbocycles. The molecule has 0 spiro atoms. The van der Waals surface area contributed by atoms with Gasteiger partial charge in [-0.3, -0.25) is 0 Å². The molecule has 0 unspecified atom stereocenters. The van der Waals surface area contributed by atoms with Crippen molar-refractivity contribution in [1.29, 1.82) is 0 Å². The molecule has 0 aliphatic heterocycles. The number of benzene rings is 1. The van der Waals surface area contributed by atoms with Gasteiger partial charge in [-0.2, -0.15) is 0 Å². The van der Waals surface area contributed by atoms with Crippen LogP contribution in [0.15, 0.2) is 12.1 Å². The molecule has 0 heterocycles. The van der Waals surface area contributed by atoms with Gasteiger partial charge in [-0.15, -0.1) is 0 Å². The zero-order valence-corrected chi connectivity index (χ0v) is 16.6. The summed E-state index contributed by atoms with van der Waals surface area (Å²) in [6, 6.07) is 4.48. The van der Waals surface area contributed by atoms with Gasteiger partial charge in [-0.25, -0.2) is 0 Å². The molecule has 0 saturated carbocycles. The molecular formula is C10H14AlCl5Ti. The molecule has 0 bridgehead atoms. The molecule has 0 nitrogen and oxygen atoms in total. The summed E-state index contributed by atoms with van der Waals surface area (Å²) in [5, 5.41) is 0. The molecule has 0 N–H and O–H groups in total. The van der Waals surface area contributed by atoms with Crippen LogP contribution < -0.4 is 62.0 Å². The Morgan fingerprint density at radius 2 is 0.647 bits per heavy atom. The fourth-order valence-electron chi connectivity index (χ4n) is 1.10. The minimum Gasteiger partial charge on any atom is -1.00 e. The van der Waals surface area contributed by atoms with Crippen LogP contribution >= 0.6 is 0 Å². The normalized spacial score (nSPS) is 5.88. The van der Waals surface area contributed by atoms with Crippen molar-refractivity contribution in [2.45, 2.75) is 27.7 Å². The first-order valence-corrected chi connectivity index (χ1v) is 3.65. The van der Waals surface area contributed by atoms with Crippen LogP contribution in [0.1, 0.15) is 22.3 Å². The van der Waals surface area contributed by atoms with Crippen LogP contribution in [0.5, 0.6) is 0 Å². The Labute approximate surface area is 162 Å². The van der Waals surface area contributed by atoms with Gasteiger partial charge < -0.3 is 62.0 Å². The maximum atomic E-state index is 2.24. The predicted molar refractivity (Wildman–Crippen MR) is 51.1 cm³/mol. The third kappa shape index (κ3) is 14.1. The third-order valence-electron chi connectivity index (χ3n) is 2.11. The first-order chi connectivity index (χ1) is 4.61. The molecule has 0 saturated heterocycles. The summed E-state index contributed by atoms with van der Waals surface area (Å²) in [6.07, 6.45) is 0. The fraction of sp³-hybridized carbons (Fsp3) is 0.400. The van der Waals surface area contributed by atoms with Crippen molar-refractivity contribution in [3.8, 4) is 0 Å². The molecule has 1 rings (SSSR count). The minimum atomic E-state index is 0. The first-order valence-electron chi connectivity index (χ1n) is 3.65. The molecule has 0 aliphatic carbocycles. The van der Waals surface area contributed by atoms with Crippen LogP contribution in [0.4, 0.5) is 0 Å². The van der Waals surface area contributed by atoms with E-state index in [4.69, 9.17) is 0 Å². The third-order valence-corrected chi connectivity index (χ3v) is 2.11. The van der Waals surface area contributed by atoms with Crippen molar-refractivity contribution in [1.82, 2.24) is 0 Å². The Morgan fingerprint density at radius 3 is 0.765 bits per heavy atom. The second-order valence-electron chi connectivity index (χ2n) is 3.02. The van der Waals surface area contributed by atoms with Gasteiger partial charge >= 0.3 is 39.1 Å². The van der Waals surface area contributed by atoms with Gasteiger partial charge in [0.25, 0.3) is 0 Å². The van der Waals surface area contributed by atoms with E-state index >= 15 is 0 Å². The second-order valence-corrected chi connectivity index (χ2v) is 3.02. The van der Waals surface area contributed by atoms with Crippen LogP contribution in [-0.2, 0) is 21.7 Å². The van der Waals surface area contributed by atoms with E-state index in [1.165, 1.54) is 22.3 Å². The first kappa shape index (κ1) is 42.8. The number of halogens is 5. The average Bonchev–Trinajstić information content (AvgIpc) is 1.84. The van der Waals surface area contributed by atoms with Crippen LogP contribution in [0, 0.1) is 27.7 Å². The van der Waals surface area contributed by atoms with Gasteiger partial charge in [0.05, 0.1) is 0 Å². The van der Waals surface area contributed by atoms with Gasteiger partial charge in [-0.05, 0) is 49.9 Å². The Kier molecular flexibility index (Phi) is 50.9. The summed E-state index contributed by atoms with van der Waals surface area (Å²) in [6.45, 7) is 8.62. The molecule has 17 heavy (non-hydrogen) atoms. The van der Waals surface area contributed by atoms with Crippen molar-refractivity contribution in [2.24, 2.45) is 0 Å². The SMILES string of the molecule is Cc1cc(C)c(C)cc1C.[Al+3].[Cl-].[Cl-].[Cl-].[Cl-].[Cl-].[Ti+2]. The Balaban J connectivity index is -0.0000000286. The number of rotatable bonds is 0. The number of hydrogen-bond acceptors (Lipinski definition) is 0. The van der Waals surface area contributed by atoms with Crippen LogP contribution in [-0.4, -0.2) is 17.4 Å². The number of hydrogen-bond donors (Lipinski definition) is 0. The monoisotopic (exact) mass is 384 g/mol. The molecule has 0 amide bonds. The molecular weight excluding hydrogens is 372 g/mol. The maximum absolute atomic E-state index is 2.24. The van der Waals surface area contributed by atoms with Crippen molar-refractivity contribution < 1.29 is 83.8 Å². The van der Waals surface area contributed by atoms with Crippen molar-refractivity contribution in [3.63, 3.8) is 0 Å². The Hall–Kier alpha value is 1.92. The number of aryl methyl sites for hydroxylation is 4. The standard InChI is InChI=1S/C10H14.Al.5ClH.Ti/c1-7-5-9(3)10(4)6-8(7)2;;;;;;;/h5-6H,1-4H3;;5*1H;/q;+3;;;;;;+2/p-5. The van der Waals surface area contributed by atoms with E-state index < -0.39 is 0 Å². The largest absolute Gasteiger partial charge is 3.00 e. The summed E-state index contributed by atoms with van der Waals surface area (Å²) >= 11 is 0. The van der Waals surface area contributed by atoms with E-state index in [9.17, 15) is 0 Å². The summed E-state index contributed by atoms with van der Waals surface area (Å²) in [4.78, 5) is 0. The van der Waals surface area contributed by atoms with E-state index in [1.54, 1.807) is 0 Å². The van der Waals surface area contributed by atoms with Crippen molar-refractivity contribution >= 4 is 17.4 Å². The zero-order valence-electron chi connectivity index (χ0n) is 10.1. The van der Waals surface area contributed by atoms with E-state index in [0.29, 0.717) is 0 Å². The Bertz CT molecular complexity index is 221. The molecule has 0 atom stereocenters. The molecule has 0 fully saturated rings. The summed E-state index contributed by atoms with van der Waals surface area (Å²) in [5.74, 6) is 0. The minimum absolute atomic E-state index is 0. The van der Waals surface area contributed by atoms with Crippen molar-refractivity contribution in [2.75, 3.05) is 0 Å².